The van der Waals surface area contributed by atoms with Crippen LogP contribution in [0.1, 0.15) is 55.4 Å². The Balaban J connectivity index is 0.00000298. The zero-order valence-electron chi connectivity index (χ0n) is 27.4. The lowest BCUT2D eigenvalue weighted by Gasteiger charge is -2.41. The number of hydrogen-bond donors (Lipinski definition) is 0. The van der Waals surface area contributed by atoms with Gasteiger partial charge in [0.1, 0.15) is 11.6 Å². The van der Waals surface area contributed by atoms with Crippen LogP contribution in [0.25, 0.3) is 0 Å². The molecule has 0 heterocycles. The van der Waals surface area contributed by atoms with Gasteiger partial charge in [-0.3, -0.25) is 0 Å². The van der Waals surface area contributed by atoms with Gasteiger partial charge in [0.05, 0.1) is 19.3 Å². The molecule has 0 saturated heterocycles. The van der Waals surface area contributed by atoms with Gasteiger partial charge in [0.2, 0.25) is 6.04 Å². The highest BCUT2D eigenvalue weighted by atomic mass is 19.1. The number of carbonyl (C=O) groups is 2. The molecular formula is C33H45FN2O9. The maximum Gasteiger partial charge on any atom is 0.373 e. The van der Waals surface area contributed by atoms with E-state index in [1.54, 1.807) is 51.8 Å². The normalized spacial score (nSPS) is 10.4. The van der Waals surface area contributed by atoms with E-state index in [9.17, 15) is 14.0 Å². The number of halogens is 1. The second kappa shape index (κ2) is 21.2. The van der Waals surface area contributed by atoms with Gasteiger partial charge < -0.3 is 24.0 Å². The van der Waals surface area contributed by atoms with Gasteiger partial charge in [-0.05, 0) is 88.1 Å². The monoisotopic (exact) mass is 632 g/mol. The van der Waals surface area contributed by atoms with Crippen LogP contribution < -0.4 is 14.5 Å². The van der Waals surface area contributed by atoms with E-state index in [4.69, 9.17) is 33.4 Å². The highest BCUT2D eigenvalue weighted by Gasteiger charge is 2.38. The van der Waals surface area contributed by atoms with E-state index in [-0.39, 0.29) is 24.9 Å². The van der Waals surface area contributed by atoms with E-state index in [2.05, 4.69) is 32.6 Å². The lowest BCUT2D eigenvalue weighted by Crippen LogP contribution is -2.53. The van der Waals surface area contributed by atoms with Gasteiger partial charge in [-0.1, -0.05) is 27.7 Å². The Morgan fingerprint density at radius 1 is 0.667 bits per heavy atom. The third-order valence-electron chi connectivity index (χ3n) is 6.33. The molecule has 2 rings (SSSR count). The van der Waals surface area contributed by atoms with Gasteiger partial charge in [0, 0.05) is 30.5 Å². The number of rotatable bonds is 14. The first kappa shape index (κ1) is 40.5. The molecule has 0 aliphatic carbocycles. The number of ether oxygens (including phenoxy) is 3. The molecule has 0 radical (unpaired) electrons. The van der Waals surface area contributed by atoms with Crippen LogP contribution in [0, 0.1) is 17.7 Å². The van der Waals surface area contributed by atoms with Crippen molar-refractivity contribution in [1.29, 1.82) is 0 Å². The summed E-state index contributed by atoms with van der Waals surface area (Å²) in [6.45, 7) is 16.4. The van der Waals surface area contributed by atoms with Crippen molar-refractivity contribution in [2.45, 2.75) is 79.7 Å². The van der Waals surface area contributed by atoms with Gasteiger partial charge in [-0.2, -0.15) is 19.2 Å². The summed E-state index contributed by atoms with van der Waals surface area (Å²) in [7, 11) is 1.63. The van der Waals surface area contributed by atoms with Crippen LogP contribution in [0.5, 0.6) is 5.75 Å². The van der Waals surface area contributed by atoms with E-state index in [1.165, 1.54) is 12.1 Å². The van der Waals surface area contributed by atoms with Crippen molar-refractivity contribution in [3.8, 4) is 5.75 Å². The fraction of sp³-hybridized carbons (Fsp3) is 0.515. The quantitative estimate of drug-likeness (QED) is 0.207. The van der Waals surface area contributed by atoms with Crippen LogP contribution in [0.2, 0.25) is 0 Å². The topological polar surface area (TPSA) is 137 Å². The number of anilines is 2. The fourth-order valence-electron chi connectivity index (χ4n) is 4.91. The predicted octanol–water partition coefficient (Wildman–Crippen LogP) is 4.93. The SMILES string of the molecule is COc1ccc(N(CCN(c2ccc(F)cc2)C(C(=O)OC(C)C)C(=O)OC(C)C)C(C(C)C)C(C)C)cc1.O=C=O.O=C=O. The van der Waals surface area contributed by atoms with Crippen LogP contribution >= 0.6 is 0 Å². The van der Waals surface area contributed by atoms with Crippen molar-refractivity contribution in [3.05, 3.63) is 54.3 Å². The molecule has 0 unspecified atom stereocenters. The number of hydrogen-bond acceptors (Lipinski definition) is 11. The lowest BCUT2D eigenvalue weighted by molar-refractivity contribution is -0.193. The van der Waals surface area contributed by atoms with Gasteiger partial charge in [-0.15, -0.1) is 0 Å². The van der Waals surface area contributed by atoms with E-state index >= 15 is 0 Å². The molecule has 0 saturated carbocycles. The lowest BCUT2D eigenvalue weighted by atomic mass is 9.91. The highest BCUT2D eigenvalue weighted by Crippen LogP contribution is 2.29. The second-order valence-corrected chi connectivity index (χ2v) is 11.1. The van der Waals surface area contributed by atoms with E-state index in [0.717, 1.165) is 11.4 Å². The molecular weight excluding hydrogens is 587 g/mol. The highest BCUT2D eigenvalue weighted by molar-refractivity contribution is 6.02. The Kier molecular flexibility index (Phi) is 19.1. The van der Waals surface area contributed by atoms with Crippen molar-refractivity contribution < 1.29 is 47.4 Å². The largest absolute Gasteiger partial charge is 0.497 e. The minimum absolute atomic E-state index is 0.164. The molecule has 0 aromatic heterocycles. The molecule has 0 amide bonds. The van der Waals surface area contributed by atoms with Crippen molar-refractivity contribution in [2.75, 3.05) is 30.0 Å². The van der Waals surface area contributed by atoms with Crippen molar-refractivity contribution in [1.82, 2.24) is 0 Å². The standard InChI is InChI=1S/C31H45FN2O5.2CO2/c1-20(2)28(21(3)4)33(26-14-16-27(37-9)17-15-26)18-19-34(25-12-10-24(32)11-13-25)29(30(35)38-22(5)6)31(36)39-23(7)8;2*2-1-3/h10-17,20-23,28-29H,18-19H2,1-9H3;;. The number of carbonyl (C=O) groups excluding carboxylic acids is 6. The van der Waals surface area contributed by atoms with E-state index in [1.807, 2.05) is 24.3 Å². The van der Waals surface area contributed by atoms with E-state index < -0.39 is 36.0 Å². The first-order chi connectivity index (χ1) is 21.2. The van der Waals surface area contributed by atoms with Gasteiger partial charge in [0.15, 0.2) is 0 Å². The first-order valence-corrected chi connectivity index (χ1v) is 14.5. The average molecular weight is 633 g/mol. The molecule has 0 N–H and O–H groups in total. The van der Waals surface area contributed by atoms with Crippen LogP contribution in [0.4, 0.5) is 15.8 Å². The molecule has 2 aromatic rings. The molecule has 0 aliphatic heterocycles. The second-order valence-electron chi connectivity index (χ2n) is 11.1. The summed E-state index contributed by atoms with van der Waals surface area (Å²) in [6.07, 6.45) is -0.354. The summed E-state index contributed by atoms with van der Waals surface area (Å²) >= 11 is 0. The average Bonchev–Trinajstić information content (AvgIpc) is 2.94. The molecule has 248 valence electrons. The molecule has 0 aliphatic rings. The minimum atomic E-state index is -1.35. The van der Waals surface area contributed by atoms with E-state index in [0.29, 0.717) is 24.1 Å². The number of esters is 2. The zero-order valence-corrected chi connectivity index (χ0v) is 27.4. The molecule has 12 heteroatoms. The first-order valence-electron chi connectivity index (χ1n) is 14.5. The number of methoxy groups -OCH3 is 1. The van der Waals surface area contributed by atoms with Crippen molar-refractivity contribution in [3.63, 3.8) is 0 Å². The Bertz CT molecular complexity index is 1180. The molecule has 0 spiro atoms. The Hall–Kier alpha value is -4.53. The Morgan fingerprint density at radius 2 is 1.02 bits per heavy atom. The van der Waals surface area contributed by atoms with Crippen LogP contribution in [0.15, 0.2) is 48.5 Å². The Morgan fingerprint density at radius 3 is 1.38 bits per heavy atom. The Labute approximate surface area is 264 Å². The fourth-order valence-corrected chi connectivity index (χ4v) is 4.91. The molecule has 0 fully saturated rings. The molecule has 2 aromatic carbocycles. The van der Waals surface area contributed by atoms with Crippen LogP contribution in [-0.2, 0) is 38.2 Å². The predicted molar refractivity (Wildman–Crippen MR) is 164 cm³/mol. The molecule has 0 bridgehead atoms. The maximum atomic E-state index is 13.9. The van der Waals surface area contributed by atoms with Crippen molar-refractivity contribution in [2.24, 2.45) is 11.8 Å². The summed E-state index contributed by atoms with van der Waals surface area (Å²) in [4.78, 5) is 63.1. The zero-order chi connectivity index (χ0) is 34.7. The van der Waals surface area contributed by atoms with Gasteiger partial charge in [-0.25, -0.2) is 14.0 Å². The maximum absolute atomic E-state index is 13.9. The molecule has 0 atom stereocenters. The molecule has 11 nitrogen and oxygen atoms in total. The summed E-state index contributed by atoms with van der Waals surface area (Å²) in [5.74, 6) is -0.437. The van der Waals surface area contributed by atoms with Gasteiger partial charge in [0.25, 0.3) is 0 Å². The minimum Gasteiger partial charge on any atom is -0.497 e. The van der Waals surface area contributed by atoms with Crippen LogP contribution in [-0.4, -0.2) is 68.7 Å². The summed E-state index contributed by atoms with van der Waals surface area (Å²) < 4.78 is 30.2. The third-order valence-corrected chi connectivity index (χ3v) is 6.33. The number of benzene rings is 2. The third kappa shape index (κ3) is 14.2. The summed E-state index contributed by atoms with van der Waals surface area (Å²) in [5.41, 5.74) is 1.51. The van der Waals surface area contributed by atoms with Crippen LogP contribution in [0.3, 0.4) is 0 Å². The smallest absolute Gasteiger partial charge is 0.373 e. The molecule has 45 heavy (non-hydrogen) atoms. The van der Waals surface area contributed by atoms with Crippen molar-refractivity contribution >= 4 is 35.6 Å². The van der Waals surface area contributed by atoms with Gasteiger partial charge >= 0.3 is 24.2 Å². The summed E-state index contributed by atoms with van der Waals surface area (Å²) in [6, 6.07) is 12.4. The summed E-state index contributed by atoms with van der Waals surface area (Å²) in [5, 5.41) is 0. The number of nitrogens with zero attached hydrogens (tertiary/aromatic N) is 2.